The second-order valence-corrected chi connectivity index (χ2v) is 4.39. The molecule has 0 bridgehead atoms. The average Bonchev–Trinajstić information content (AvgIpc) is 2.34. The van der Waals surface area contributed by atoms with Gasteiger partial charge in [0.15, 0.2) is 0 Å². The summed E-state index contributed by atoms with van der Waals surface area (Å²) in [5.41, 5.74) is 6.54. The molecule has 1 aromatic carbocycles. The van der Waals surface area contributed by atoms with E-state index in [2.05, 4.69) is 0 Å². The van der Waals surface area contributed by atoms with Crippen LogP contribution in [0, 0.1) is 0 Å². The number of amides is 1. The molecule has 0 aliphatic heterocycles. The molecule has 0 unspecified atom stereocenters. The maximum Gasteiger partial charge on any atom is 0.335 e. The van der Waals surface area contributed by atoms with Crippen LogP contribution in [0.25, 0.3) is 0 Å². The van der Waals surface area contributed by atoms with E-state index in [1.807, 2.05) is 13.8 Å². The summed E-state index contributed by atoms with van der Waals surface area (Å²) in [6.07, 6.45) is -0.0379. The second kappa shape index (κ2) is 6.19. The van der Waals surface area contributed by atoms with Crippen LogP contribution in [0.15, 0.2) is 18.2 Å². The number of carboxylic acids is 1. The summed E-state index contributed by atoms with van der Waals surface area (Å²) in [6, 6.07) is 4.23. The number of ether oxygens (including phenoxy) is 1. The molecule has 19 heavy (non-hydrogen) atoms. The molecular weight excluding hydrogens is 248 g/mol. The van der Waals surface area contributed by atoms with Crippen molar-refractivity contribution in [1.29, 1.82) is 0 Å². The molecule has 0 fully saturated rings. The third-order valence-electron chi connectivity index (χ3n) is 2.55. The van der Waals surface area contributed by atoms with Crippen LogP contribution in [-0.4, -0.2) is 36.7 Å². The van der Waals surface area contributed by atoms with Crippen molar-refractivity contribution in [3.05, 3.63) is 23.8 Å². The number of carbonyl (C=O) groups excluding carboxylic acids is 1. The van der Waals surface area contributed by atoms with E-state index in [1.54, 1.807) is 7.05 Å². The van der Waals surface area contributed by atoms with E-state index in [0.29, 0.717) is 5.69 Å². The molecule has 0 saturated carbocycles. The largest absolute Gasteiger partial charge is 0.478 e. The van der Waals surface area contributed by atoms with Crippen LogP contribution < -0.4 is 10.6 Å². The van der Waals surface area contributed by atoms with Crippen molar-refractivity contribution in [2.24, 2.45) is 0 Å². The summed E-state index contributed by atoms with van der Waals surface area (Å²) in [5, 5.41) is 8.84. The van der Waals surface area contributed by atoms with Gasteiger partial charge in [-0.3, -0.25) is 4.79 Å². The van der Waals surface area contributed by atoms with Gasteiger partial charge in [-0.1, -0.05) is 0 Å². The number of hydrogen-bond acceptors (Lipinski definition) is 4. The Morgan fingerprint density at radius 3 is 2.53 bits per heavy atom. The molecule has 6 nitrogen and oxygen atoms in total. The maximum absolute atomic E-state index is 11.8. The minimum absolute atomic E-state index is 0.0379. The lowest BCUT2D eigenvalue weighted by Gasteiger charge is -2.20. The lowest BCUT2D eigenvalue weighted by atomic mass is 10.1. The van der Waals surface area contributed by atoms with Gasteiger partial charge in [-0.25, -0.2) is 4.79 Å². The first-order valence-corrected chi connectivity index (χ1v) is 5.84. The highest BCUT2D eigenvalue weighted by Crippen LogP contribution is 2.23. The van der Waals surface area contributed by atoms with E-state index in [-0.39, 0.29) is 29.9 Å². The molecule has 0 spiro atoms. The van der Waals surface area contributed by atoms with E-state index in [1.165, 1.54) is 23.1 Å². The van der Waals surface area contributed by atoms with E-state index >= 15 is 0 Å². The number of aromatic carboxylic acids is 1. The summed E-state index contributed by atoms with van der Waals surface area (Å²) in [7, 11) is 1.57. The fourth-order valence-electron chi connectivity index (χ4n) is 1.46. The Hall–Kier alpha value is -2.08. The van der Waals surface area contributed by atoms with Gasteiger partial charge in [-0.05, 0) is 32.0 Å². The van der Waals surface area contributed by atoms with Crippen LogP contribution in [0.3, 0.4) is 0 Å². The van der Waals surface area contributed by atoms with Gasteiger partial charge in [-0.15, -0.1) is 0 Å². The number of nitrogens with two attached hydrogens (primary N) is 1. The predicted molar refractivity (Wildman–Crippen MR) is 72.3 cm³/mol. The first kappa shape index (κ1) is 15.0. The smallest absolute Gasteiger partial charge is 0.335 e. The minimum atomic E-state index is -1.06. The molecule has 0 radical (unpaired) electrons. The first-order chi connectivity index (χ1) is 8.82. The first-order valence-electron chi connectivity index (χ1n) is 5.84. The molecule has 0 aliphatic rings. The number of benzene rings is 1. The lowest BCUT2D eigenvalue weighted by Crippen LogP contribution is -2.31. The molecule has 104 valence electrons. The topological polar surface area (TPSA) is 92.9 Å². The average molecular weight is 266 g/mol. The SMILES string of the molecule is CC(C)OCC(=O)N(C)c1ccc(C(=O)O)cc1N. The molecule has 1 aromatic rings. The highest BCUT2D eigenvalue weighted by Gasteiger charge is 2.15. The standard InChI is InChI=1S/C13H18N2O4/c1-8(2)19-7-12(16)15(3)11-5-4-9(13(17)18)6-10(11)14/h4-6,8H,7,14H2,1-3H3,(H,17,18). The van der Waals surface area contributed by atoms with Crippen molar-refractivity contribution < 1.29 is 19.4 Å². The van der Waals surface area contributed by atoms with Crippen LogP contribution in [0.2, 0.25) is 0 Å². The third-order valence-corrected chi connectivity index (χ3v) is 2.55. The molecule has 0 heterocycles. The fourth-order valence-corrected chi connectivity index (χ4v) is 1.46. The van der Waals surface area contributed by atoms with Gasteiger partial charge in [0.2, 0.25) is 0 Å². The number of likely N-dealkylation sites (N-methyl/N-ethyl adjacent to an activating group) is 1. The van der Waals surface area contributed by atoms with Gasteiger partial charge in [0, 0.05) is 7.05 Å². The zero-order valence-electron chi connectivity index (χ0n) is 11.2. The molecule has 3 N–H and O–H groups in total. The number of nitrogen functional groups attached to an aromatic ring is 1. The molecular formula is C13H18N2O4. The van der Waals surface area contributed by atoms with Gasteiger partial charge in [0.1, 0.15) is 6.61 Å². The Kier molecular flexibility index (Phi) is 4.88. The van der Waals surface area contributed by atoms with Crippen LogP contribution in [0.5, 0.6) is 0 Å². The van der Waals surface area contributed by atoms with Gasteiger partial charge < -0.3 is 20.5 Å². The zero-order chi connectivity index (χ0) is 14.6. The van der Waals surface area contributed by atoms with Crippen molar-refractivity contribution in [2.45, 2.75) is 20.0 Å². The lowest BCUT2D eigenvalue weighted by molar-refractivity contribution is -0.124. The van der Waals surface area contributed by atoms with Gasteiger partial charge >= 0.3 is 5.97 Å². The Balaban J connectivity index is 2.85. The van der Waals surface area contributed by atoms with Crippen LogP contribution in [0.1, 0.15) is 24.2 Å². The predicted octanol–water partition coefficient (Wildman–Crippen LogP) is 1.35. The minimum Gasteiger partial charge on any atom is -0.478 e. The Bertz CT molecular complexity index is 486. The highest BCUT2D eigenvalue weighted by atomic mass is 16.5. The highest BCUT2D eigenvalue weighted by molar-refractivity contribution is 5.98. The van der Waals surface area contributed by atoms with E-state index in [0.717, 1.165) is 0 Å². The Labute approximate surface area is 111 Å². The number of hydrogen-bond donors (Lipinski definition) is 2. The normalized spacial score (nSPS) is 10.5. The summed E-state index contributed by atoms with van der Waals surface area (Å²) in [5.74, 6) is -1.31. The summed E-state index contributed by atoms with van der Waals surface area (Å²) >= 11 is 0. The molecule has 1 amide bonds. The van der Waals surface area contributed by atoms with Crippen LogP contribution in [0.4, 0.5) is 11.4 Å². The summed E-state index contributed by atoms with van der Waals surface area (Å²) in [6.45, 7) is 3.63. The molecule has 0 aromatic heterocycles. The van der Waals surface area contributed by atoms with E-state index < -0.39 is 5.97 Å². The molecule has 6 heteroatoms. The zero-order valence-corrected chi connectivity index (χ0v) is 11.2. The number of carboxylic acid groups (broad SMARTS) is 1. The monoisotopic (exact) mass is 266 g/mol. The fraction of sp³-hybridized carbons (Fsp3) is 0.385. The van der Waals surface area contributed by atoms with Crippen LogP contribution in [-0.2, 0) is 9.53 Å². The number of anilines is 2. The van der Waals surface area contributed by atoms with E-state index in [4.69, 9.17) is 15.6 Å². The van der Waals surface area contributed by atoms with Crippen molar-refractivity contribution in [3.8, 4) is 0 Å². The van der Waals surface area contributed by atoms with E-state index in [9.17, 15) is 9.59 Å². The Morgan fingerprint density at radius 1 is 1.42 bits per heavy atom. The quantitative estimate of drug-likeness (QED) is 0.785. The van der Waals surface area contributed by atoms with Crippen molar-refractivity contribution >= 4 is 23.3 Å². The van der Waals surface area contributed by atoms with Gasteiger partial charge in [0.05, 0.1) is 23.0 Å². The summed E-state index contributed by atoms with van der Waals surface area (Å²) in [4.78, 5) is 24.0. The number of carbonyl (C=O) groups is 2. The number of rotatable bonds is 5. The molecule has 0 saturated heterocycles. The van der Waals surface area contributed by atoms with Crippen LogP contribution >= 0.6 is 0 Å². The van der Waals surface area contributed by atoms with Crippen molar-refractivity contribution in [3.63, 3.8) is 0 Å². The van der Waals surface area contributed by atoms with Crippen molar-refractivity contribution in [1.82, 2.24) is 0 Å². The molecule has 0 atom stereocenters. The number of nitrogens with zero attached hydrogens (tertiary/aromatic N) is 1. The molecule has 0 aliphatic carbocycles. The molecule has 1 rings (SSSR count). The van der Waals surface area contributed by atoms with Gasteiger partial charge in [0.25, 0.3) is 5.91 Å². The van der Waals surface area contributed by atoms with Crippen molar-refractivity contribution in [2.75, 3.05) is 24.3 Å². The van der Waals surface area contributed by atoms with Gasteiger partial charge in [-0.2, -0.15) is 0 Å². The second-order valence-electron chi connectivity index (χ2n) is 4.39. The maximum atomic E-state index is 11.8. The Morgan fingerprint density at radius 2 is 2.05 bits per heavy atom. The third kappa shape index (κ3) is 3.96. The summed E-state index contributed by atoms with van der Waals surface area (Å²) < 4.78 is 5.22.